The average molecular weight is 238 g/mol. The smallest absolute Gasteiger partial charge is 0.142 e. The SMILES string of the molecule is CB(CC1CO1)C1CCC(OCC2CO2)CC1. The van der Waals surface area contributed by atoms with Crippen molar-refractivity contribution in [2.75, 3.05) is 19.8 Å². The minimum absolute atomic E-state index is 0.415. The molecular weight excluding hydrogens is 215 g/mol. The molecule has 2 aliphatic heterocycles. The molecule has 0 radical (unpaired) electrons. The van der Waals surface area contributed by atoms with E-state index in [-0.39, 0.29) is 0 Å². The zero-order valence-corrected chi connectivity index (χ0v) is 10.8. The standard InChI is InChI=1S/C13H23BO3/c1-14(6-12-7-16-12)10-2-4-11(5-3-10)15-8-13-9-17-13/h10-13H,2-9H2,1H3. The van der Waals surface area contributed by atoms with Crippen molar-refractivity contribution < 1.29 is 14.2 Å². The fraction of sp³-hybridized carbons (Fsp3) is 1.00. The first-order valence-electron chi connectivity index (χ1n) is 7.16. The molecule has 2 unspecified atom stereocenters. The van der Waals surface area contributed by atoms with Gasteiger partial charge in [0.1, 0.15) is 12.8 Å². The van der Waals surface area contributed by atoms with Gasteiger partial charge in [-0.15, -0.1) is 0 Å². The molecule has 0 aromatic carbocycles. The lowest BCUT2D eigenvalue weighted by Gasteiger charge is -2.30. The summed E-state index contributed by atoms with van der Waals surface area (Å²) >= 11 is 0. The van der Waals surface area contributed by atoms with Crippen molar-refractivity contribution in [3.63, 3.8) is 0 Å². The Kier molecular flexibility index (Phi) is 3.74. The van der Waals surface area contributed by atoms with Crippen molar-refractivity contribution in [3.05, 3.63) is 0 Å². The van der Waals surface area contributed by atoms with Crippen molar-refractivity contribution in [1.29, 1.82) is 0 Å². The normalized spacial score (nSPS) is 40.1. The predicted molar refractivity (Wildman–Crippen MR) is 67.9 cm³/mol. The Morgan fingerprint density at radius 3 is 2.29 bits per heavy atom. The number of rotatable bonds is 6. The van der Waals surface area contributed by atoms with E-state index in [2.05, 4.69) is 6.82 Å². The number of hydrogen-bond donors (Lipinski definition) is 0. The summed E-state index contributed by atoms with van der Waals surface area (Å²) in [6, 6.07) is 0. The first-order chi connectivity index (χ1) is 8.31. The van der Waals surface area contributed by atoms with Gasteiger partial charge < -0.3 is 14.2 Å². The largest absolute Gasteiger partial charge is 0.375 e. The van der Waals surface area contributed by atoms with Crippen LogP contribution in [0, 0.1) is 0 Å². The summed E-state index contributed by atoms with van der Waals surface area (Å²) in [5, 5.41) is 0. The van der Waals surface area contributed by atoms with Crippen LogP contribution < -0.4 is 0 Å². The van der Waals surface area contributed by atoms with Gasteiger partial charge in [-0.2, -0.15) is 0 Å². The monoisotopic (exact) mass is 238 g/mol. The molecule has 2 atom stereocenters. The van der Waals surface area contributed by atoms with Crippen LogP contribution in [-0.4, -0.2) is 44.8 Å². The van der Waals surface area contributed by atoms with E-state index in [1.165, 1.54) is 32.0 Å². The maximum atomic E-state index is 5.88. The van der Waals surface area contributed by atoms with Crippen LogP contribution in [0.1, 0.15) is 25.7 Å². The number of ether oxygens (including phenoxy) is 3. The van der Waals surface area contributed by atoms with Crippen LogP contribution in [0.15, 0.2) is 0 Å². The summed E-state index contributed by atoms with van der Waals surface area (Å²) in [6.07, 6.45) is 7.94. The molecule has 2 saturated heterocycles. The van der Waals surface area contributed by atoms with Gasteiger partial charge in [-0.25, -0.2) is 0 Å². The number of epoxide rings is 2. The van der Waals surface area contributed by atoms with E-state index >= 15 is 0 Å². The molecule has 3 nitrogen and oxygen atoms in total. The van der Waals surface area contributed by atoms with Gasteiger partial charge in [0.2, 0.25) is 0 Å². The van der Waals surface area contributed by atoms with E-state index in [9.17, 15) is 0 Å². The molecular formula is C13H23BO3. The van der Waals surface area contributed by atoms with Crippen molar-refractivity contribution in [3.8, 4) is 0 Å². The summed E-state index contributed by atoms with van der Waals surface area (Å²) in [5.41, 5.74) is 0. The maximum absolute atomic E-state index is 5.88. The molecule has 0 N–H and O–H groups in total. The van der Waals surface area contributed by atoms with Gasteiger partial charge in [-0.1, -0.05) is 25.5 Å². The molecule has 1 saturated carbocycles. The van der Waals surface area contributed by atoms with Gasteiger partial charge in [0, 0.05) is 0 Å². The van der Waals surface area contributed by atoms with E-state index < -0.39 is 0 Å². The molecule has 0 aromatic heterocycles. The highest BCUT2D eigenvalue weighted by molar-refractivity contribution is 6.59. The highest BCUT2D eigenvalue weighted by atomic mass is 16.6. The third-order valence-electron chi connectivity index (χ3n) is 4.48. The Labute approximate surface area is 104 Å². The first-order valence-corrected chi connectivity index (χ1v) is 7.16. The lowest BCUT2D eigenvalue weighted by Crippen LogP contribution is -2.27. The predicted octanol–water partition coefficient (Wildman–Crippen LogP) is 2.24. The molecule has 4 heteroatoms. The fourth-order valence-electron chi connectivity index (χ4n) is 3.04. The summed E-state index contributed by atoms with van der Waals surface area (Å²) in [4.78, 5) is 0. The summed E-state index contributed by atoms with van der Waals surface area (Å²) in [7, 11) is 0. The third kappa shape index (κ3) is 3.70. The van der Waals surface area contributed by atoms with E-state index in [1.807, 2.05) is 0 Å². The maximum Gasteiger partial charge on any atom is 0.142 e. The minimum Gasteiger partial charge on any atom is -0.375 e. The molecule has 0 amide bonds. The van der Waals surface area contributed by atoms with Gasteiger partial charge in [-0.3, -0.25) is 0 Å². The van der Waals surface area contributed by atoms with Crippen LogP contribution >= 0.6 is 0 Å². The molecule has 3 rings (SSSR count). The molecule has 0 aromatic rings. The summed E-state index contributed by atoms with van der Waals surface area (Å²) in [6.45, 7) is 5.96. The molecule has 0 spiro atoms. The third-order valence-corrected chi connectivity index (χ3v) is 4.48. The molecule has 17 heavy (non-hydrogen) atoms. The second-order valence-corrected chi connectivity index (χ2v) is 5.99. The molecule has 3 fully saturated rings. The Hall–Kier alpha value is -0.0551. The van der Waals surface area contributed by atoms with Crippen LogP contribution in [0.25, 0.3) is 0 Å². The second-order valence-electron chi connectivity index (χ2n) is 5.99. The second kappa shape index (κ2) is 5.29. The van der Waals surface area contributed by atoms with Crippen LogP contribution in [0.4, 0.5) is 0 Å². The van der Waals surface area contributed by atoms with E-state index in [1.54, 1.807) is 0 Å². The average Bonchev–Trinajstić information content (AvgIpc) is 3.22. The Bertz CT molecular complexity index is 245. The molecule has 96 valence electrons. The highest BCUT2D eigenvalue weighted by Crippen LogP contribution is 2.36. The quantitative estimate of drug-likeness (QED) is 0.525. The van der Waals surface area contributed by atoms with Crippen LogP contribution in [-0.2, 0) is 14.2 Å². The van der Waals surface area contributed by atoms with Gasteiger partial charge in [0.05, 0.1) is 32.0 Å². The van der Waals surface area contributed by atoms with Crippen molar-refractivity contribution in [2.24, 2.45) is 0 Å². The zero-order valence-electron chi connectivity index (χ0n) is 10.8. The Balaban J connectivity index is 1.33. The molecule has 2 heterocycles. The molecule has 0 bridgehead atoms. The van der Waals surface area contributed by atoms with E-state index in [0.29, 0.717) is 18.3 Å². The van der Waals surface area contributed by atoms with Crippen molar-refractivity contribution in [2.45, 2.75) is 63.0 Å². The van der Waals surface area contributed by atoms with E-state index in [0.717, 1.165) is 32.4 Å². The van der Waals surface area contributed by atoms with Gasteiger partial charge in [-0.05, 0) is 19.2 Å². The summed E-state index contributed by atoms with van der Waals surface area (Å²) < 4.78 is 16.4. The van der Waals surface area contributed by atoms with Crippen molar-refractivity contribution >= 4 is 6.71 Å². The van der Waals surface area contributed by atoms with Crippen molar-refractivity contribution in [1.82, 2.24) is 0 Å². The van der Waals surface area contributed by atoms with Crippen LogP contribution in [0.2, 0.25) is 19.0 Å². The van der Waals surface area contributed by atoms with Gasteiger partial charge in [0.25, 0.3) is 0 Å². The lowest BCUT2D eigenvalue weighted by molar-refractivity contribution is 0.0197. The number of hydrogen-bond acceptors (Lipinski definition) is 3. The first kappa shape index (κ1) is 12.0. The molecule has 1 aliphatic carbocycles. The minimum atomic E-state index is 0.415. The highest BCUT2D eigenvalue weighted by Gasteiger charge is 2.33. The fourth-order valence-corrected chi connectivity index (χ4v) is 3.04. The Morgan fingerprint density at radius 1 is 1.06 bits per heavy atom. The van der Waals surface area contributed by atoms with Crippen LogP contribution in [0.5, 0.6) is 0 Å². The van der Waals surface area contributed by atoms with E-state index in [4.69, 9.17) is 14.2 Å². The van der Waals surface area contributed by atoms with Gasteiger partial charge in [0.15, 0.2) is 0 Å². The Morgan fingerprint density at radius 2 is 1.71 bits per heavy atom. The van der Waals surface area contributed by atoms with Gasteiger partial charge >= 0.3 is 0 Å². The molecule has 3 aliphatic rings. The topological polar surface area (TPSA) is 34.3 Å². The zero-order chi connectivity index (χ0) is 11.7. The lowest BCUT2D eigenvalue weighted by atomic mass is 9.38. The summed E-state index contributed by atoms with van der Waals surface area (Å²) in [5.74, 6) is 0.899. The van der Waals surface area contributed by atoms with Crippen LogP contribution in [0.3, 0.4) is 0 Å².